The van der Waals surface area contributed by atoms with Crippen molar-refractivity contribution in [1.29, 1.82) is 0 Å². The lowest BCUT2D eigenvalue weighted by Crippen LogP contribution is -2.22. The molecule has 0 atom stereocenters. The van der Waals surface area contributed by atoms with Crippen LogP contribution in [0.5, 0.6) is 0 Å². The highest BCUT2D eigenvalue weighted by atomic mass is 32.2. The van der Waals surface area contributed by atoms with Crippen LogP contribution in [0.4, 0.5) is 0 Å². The Kier molecular flexibility index (Phi) is 4.61. The van der Waals surface area contributed by atoms with Gasteiger partial charge >= 0.3 is 0 Å². The summed E-state index contributed by atoms with van der Waals surface area (Å²) in [4.78, 5) is 13.5. The number of para-hydroxylation sites is 2. The molecule has 0 unspecified atom stereocenters. The van der Waals surface area contributed by atoms with E-state index in [2.05, 4.69) is 15.4 Å². The summed E-state index contributed by atoms with van der Waals surface area (Å²) >= 11 is 1.57. The Labute approximate surface area is 188 Å². The molecule has 7 nitrogen and oxygen atoms in total. The highest BCUT2D eigenvalue weighted by Crippen LogP contribution is 2.30. The molecule has 0 saturated heterocycles. The third-order valence-corrected chi connectivity index (χ3v) is 7.06. The summed E-state index contributed by atoms with van der Waals surface area (Å²) < 4.78 is 9.20. The topological polar surface area (TPSA) is 78.2 Å². The van der Waals surface area contributed by atoms with Crippen LogP contribution in [0.1, 0.15) is 35.4 Å². The molecule has 160 valence electrons. The maximum Gasteiger partial charge on any atom is 0.267 e. The van der Waals surface area contributed by atoms with E-state index in [1.54, 1.807) is 16.3 Å². The van der Waals surface area contributed by atoms with Gasteiger partial charge in [0.25, 0.3) is 5.56 Å². The molecule has 0 N–H and O–H groups in total. The first-order valence-electron chi connectivity index (χ1n) is 10.8. The van der Waals surface area contributed by atoms with Crippen LogP contribution in [-0.2, 0) is 18.6 Å². The van der Waals surface area contributed by atoms with Crippen molar-refractivity contribution in [2.75, 3.05) is 0 Å². The van der Waals surface area contributed by atoms with Crippen molar-refractivity contribution in [3.05, 3.63) is 81.5 Å². The van der Waals surface area contributed by atoms with Gasteiger partial charge in [-0.3, -0.25) is 9.20 Å². The van der Waals surface area contributed by atoms with Gasteiger partial charge in [-0.1, -0.05) is 47.3 Å². The van der Waals surface area contributed by atoms with Crippen molar-refractivity contribution in [2.24, 2.45) is 0 Å². The van der Waals surface area contributed by atoms with E-state index in [0.717, 1.165) is 52.6 Å². The van der Waals surface area contributed by atoms with Crippen molar-refractivity contribution in [3.63, 3.8) is 0 Å². The molecule has 5 aromatic rings. The van der Waals surface area contributed by atoms with Crippen LogP contribution in [-0.4, -0.2) is 24.3 Å². The molecule has 6 rings (SSSR count). The quantitative estimate of drug-likeness (QED) is 0.381. The Morgan fingerprint density at radius 3 is 2.75 bits per heavy atom. The minimum Gasteiger partial charge on any atom is -0.361 e. The normalized spacial score (nSPS) is 13.7. The fourth-order valence-corrected chi connectivity index (χ4v) is 5.40. The fourth-order valence-electron chi connectivity index (χ4n) is 4.50. The number of thioether (sulfide) groups is 1. The summed E-state index contributed by atoms with van der Waals surface area (Å²) in [7, 11) is 0. The van der Waals surface area contributed by atoms with Crippen LogP contribution < -0.4 is 5.56 Å². The summed E-state index contributed by atoms with van der Waals surface area (Å²) in [6.45, 7) is 1.99. The molecule has 2 aromatic carbocycles. The first kappa shape index (κ1) is 19.3. The van der Waals surface area contributed by atoms with Gasteiger partial charge in [0.15, 0.2) is 5.16 Å². The predicted molar refractivity (Wildman–Crippen MR) is 124 cm³/mol. The average molecular weight is 444 g/mol. The van der Waals surface area contributed by atoms with Gasteiger partial charge in [0, 0.05) is 17.7 Å². The average Bonchev–Trinajstić information content (AvgIpc) is 3.43. The Balaban J connectivity index is 1.51. The van der Waals surface area contributed by atoms with Gasteiger partial charge in [0.1, 0.15) is 5.76 Å². The highest BCUT2D eigenvalue weighted by molar-refractivity contribution is 7.98. The molecular formula is C24H21N5O2S. The smallest absolute Gasteiger partial charge is 0.267 e. The Morgan fingerprint density at radius 2 is 1.84 bits per heavy atom. The van der Waals surface area contributed by atoms with Gasteiger partial charge in [-0.15, -0.1) is 10.2 Å². The predicted octanol–water partition coefficient (Wildman–Crippen LogP) is 4.50. The molecule has 0 spiro atoms. The molecule has 1 aliphatic carbocycles. The number of aryl methyl sites for hydroxylation is 2. The maximum absolute atomic E-state index is 13.5. The van der Waals surface area contributed by atoms with Crippen LogP contribution in [0.15, 0.2) is 63.0 Å². The first-order valence-corrected chi connectivity index (χ1v) is 11.7. The lowest BCUT2D eigenvalue weighted by Gasteiger charge is -2.13. The van der Waals surface area contributed by atoms with Crippen molar-refractivity contribution in [1.82, 2.24) is 24.3 Å². The third kappa shape index (κ3) is 2.97. The van der Waals surface area contributed by atoms with Crippen LogP contribution in [0.3, 0.4) is 0 Å². The van der Waals surface area contributed by atoms with Gasteiger partial charge in [0.2, 0.25) is 5.78 Å². The van der Waals surface area contributed by atoms with E-state index in [0.29, 0.717) is 16.9 Å². The largest absolute Gasteiger partial charge is 0.361 e. The fraction of sp³-hybridized carbons (Fsp3) is 0.250. The first-order chi connectivity index (χ1) is 15.7. The minimum absolute atomic E-state index is 0.100. The number of nitrogens with zero attached hydrogens (tertiary/aromatic N) is 5. The highest BCUT2D eigenvalue weighted by Gasteiger charge is 2.22. The second-order valence-electron chi connectivity index (χ2n) is 8.09. The summed E-state index contributed by atoms with van der Waals surface area (Å²) in [5.74, 6) is 2.18. The van der Waals surface area contributed by atoms with E-state index in [4.69, 9.17) is 4.52 Å². The van der Waals surface area contributed by atoms with Gasteiger partial charge in [-0.05, 0) is 49.9 Å². The zero-order chi connectivity index (χ0) is 21.7. The Hall–Kier alpha value is -3.39. The third-order valence-electron chi connectivity index (χ3n) is 6.12. The van der Waals surface area contributed by atoms with Crippen molar-refractivity contribution < 1.29 is 4.52 Å². The Bertz CT molecular complexity index is 1530. The number of fused-ring (bicyclic) bond motifs is 4. The maximum atomic E-state index is 13.5. The van der Waals surface area contributed by atoms with E-state index in [-0.39, 0.29) is 5.56 Å². The zero-order valence-corrected chi connectivity index (χ0v) is 18.4. The molecule has 32 heavy (non-hydrogen) atoms. The number of benzene rings is 2. The van der Waals surface area contributed by atoms with Crippen LogP contribution in [0.25, 0.3) is 22.4 Å². The summed E-state index contributed by atoms with van der Waals surface area (Å²) in [6.07, 6.45) is 4.32. The zero-order valence-electron chi connectivity index (χ0n) is 17.6. The Morgan fingerprint density at radius 1 is 1.03 bits per heavy atom. The van der Waals surface area contributed by atoms with Gasteiger partial charge in [0.05, 0.1) is 22.3 Å². The number of rotatable bonds is 4. The van der Waals surface area contributed by atoms with Gasteiger partial charge in [-0.25, -0.2) is 4.57 Å². The second-order valence-corrected chi connectivity index (χ2v) is 9.03. The second kappa shape index (κ2) is 7.63. The molecule has 0 bridgehead atoms. The van der Waals surface area contributed by atoms with Crippen LogP contribution >= 0.6 is 11.8 Å². The van der Waals surface area contributed by atoms with Crippen molar-refractivity contribution in [2.45, 2.75) is 43.5 Å². The van der Waals surface area contributed by atoms with E-state index < -0.39 is 0 Å². The number of aromatic nitrogens is 5. The standard InChI is InChI=1S/C24H21N5O2S/c1-15-8-2-5-11-19(15)28-22(30)17-10-3-6-12-20(17)29-23(28)25-26-24(29)32-14-18-16-9-4-7-13-21(16)31-27-18/h2-3,5-6,8,10-12H,4,7,9,13-14H2,1H3. The minimum atomic E-state index is -0.100. The number of hydrogen-bond donors (Lipinski definition) is 0. The molecule has 0 saturated carbocycles. The molecule has 3 aromatic heterocycles. The summed E-state index contributed by atoms with van der Waals surface area (Å²) in [5, 5.41) is 14.6. The van der Waals surface area contributed by atoms with Crippen LogP contribution in [0, 0.1) is 6.92 Å². The summed E-state index contributed by atoms with van der Waals surface area (Å²) in [5.41, 5.74) is 4.74. The summed E-state index contributed by atoms with van der Waals surface area (Å²) in [6, 6.07) is 15.4. The molecule has 8 heteroatoms. The molecule has 0 radical (unpaired) electrons. The van der Waals surface area contributed by atoms with E-state index in [1.807, 2.05) is 59.9 Å². The van der Waals surface area contributed by atoms with Gasteiger partial charge < -0.3 is 4.52 Å². The molecule has 0 aliphatic heterocycles. The molecule has 1 aliphatic rings. The lowest BCUT2D eigenvalue weighted by atomic mass is 9.97. The monoisotopic (exact) mass is 443 g/mol. The SMILES string of the molecule is Cc1ccccc1-n1c(=O)c2ccccc2n2c(SCc3noc4c3CCCC4)nnc12. The van der Waals surface area contributed by atoms with E-state index in [1.165, 1.54) is 12.0 Å². The molecule has 0 fully saturated rings. The van der Waals surface area contributed by atoms with Gasteiger partial charge in [-0.2, -0.15) is 0 Å². The molecule has 3 heterocycles. The number of hydrogen-bond acceptors (Lipinski definition) is 6. The molecule has 0 amide bonds. The van der Waals surface area contributed by atoms with Crippen molar-refractivity contribution >= 4 is 28.4 Å². The van der Waals surface area contributed by atoms with E-state index >= 15 is 0 Å². The van der Waals surface area contributed by atoms with Crippen molar-refractivity contribution in [3.8, 4) is 5.69 Å². The van der Waals surface area contributed by atoms with Crippen LogP contribution in [0.2, 0.25) is 0 Å². The molecular weight excluding hydrogens is 422 g/mol. The lowest BCUT2D eigenvalue weighted by molar-refractivity contribution is 0.369. The van der Waals surface area contributed by atoms with E-state index in [9.17, 15) is 4.79 Å².